The zero-order valence-electron chi connectivity index (χ0n) is 14.4. The van der Waals surface area contributed by atoms with Crippen molar-refractivity contribution in [3.05, 3.63) is 33.6 Å². The highest BCUT2D eigenvalue weighted by Crippen LogP contribution is 2.22. The Labute approximate surface area is 152 Å². The Bertz CT molecular complexity index is 642. The van der Waals surface area contributed by atoms with Crippen LogP contribution in [0, 0.1) is 0 Å². The average Bonchev–Trinajstić information content (AvgIpc) is 3.30. The molecule has 0 atom stereocenters. The second-order valence-corrected chi connectivity index (χ2v) is 7.80. The predicted molar refractivity (Wildman–Crippen MR) is 104 cm³/mol. The van der Waals surface area contributed by atoms with Gasteiger partial charge >= 0.3 is 0 Å². The molecule has 7 heteroatoms. The van der Waals surface area contributed by atoms with Gasteiger partial charge in [0.25, 0.3) is 0 Å². The first-order valence-electron chi connectivity index (χ1n) is 8.55. The zero-order valence-corrected chi connectivity index (χ0v) is 16.0. The van der Waals surface area contributed by atoms with Crippen LogP contribution in [-0.2, 0) is 13.0 Å². The minimum atomic E-state index is 0.665. The maximum atomic E-state index is 4.81. The van der Waals surface area contributed by atoms with Gasteiger partial charge in [-0.05, 0) is 30.9 Å². The molecular formula is C17H25N5S2. The summed E-state index contributed by atoms with van der Waals surface area (Å²) >= 11 is 3.58. The van der Waals surface area contributed by atoms with Gasteiger partial charge in [0.05, 0.1) is 11.5 Å². The Balaban J connectivity index is 1.60. The fourth-order valence-electron chi connectivity index (χ4n) is 2.74. The third-order valence-electron chi connectivity index (χ3n) is 4.05. The van der Waals surface area contributed by atoms with Gasteiger partial charge in [-0.1, -0.05) is 6.92 Å². The number of nitrogens with zero attached hydrogens (tertiary/aromatic N) is 4. The third-order valence-corrected chi connectivity index (χ3v) is 6.10. The Kier molecular flexibility index (Phi) is 6.09. The molecule has 1 aliphatic rings. The summed E-state index contributed by atoms with van der Waals surface area (Å²) in [6.45, 7) is 9.93. The van der Waals surface area contributed by atoms with Gasteiger partial charge in [-0.3, -0.25) is 0 Å². The van der Waals surface area contributed by atoms with Crippen LogP contribution in [0.2, 0.25) is 0 Å². The summed E-state index contributed by atoms with van der Waals surface area (Å²) in [6.07, 6.45) is 3.02. The molecule has 5 nitrogen and oxygen atoms in total. The molecule has 24 heavy (non-hydrogen) atoms. The Morgan fingerprint density at radius 3 is 2.75 bits per heavy atom. The van der Waals surface area contributed by atoms with E-state index < -0.39 is 0 Å². The van der Waals surface area contributed by atoms with Gasteiger partial charge in [0, 0.05) is 43.8 Å². The van der Waals surface area contributed by atoms with Crippen molar-refractivity contribution in [2.24, 2.45) is 4.99 Å². The quantitative estimate of drug-likeness (QED) is 0.655. The second kappa shape index (κ2) is 8.48. The number of thiophene rings is 1. The molecule has 0 bridgehead atoms. The number of aromatic nitrogens is 1. The van der Waals surface area contributed by atoms with Crippen molar-refractivity contribution >= 4 is 33.6 Å². The van der Waals surface area contributed by atoms with E-state index in [1.807, 2.05) is 17.5 Å². The van der Waals surface area contributed by atoms with Gasteiger partial charge in [-0.25, -0.2) is 9.98 Å². The average molecular weight is 364 g/mol. The molecule has 0 aliphatic carbocycles. The van der Waals surface area contributed by atoms with Gasteiger partial charge in [0.15, 0.2) is 5.96 Å². The molecule has 0 radical (unpaired) electrons. The molecule has 0 saturated carbocycles. The molecule has 0 unspecified atom stereocenters. The van der Waals surface area contributed by atoms with Gasteiger partial charge in [0.1, 0.15) is 5.01 Å². The molecule has 1 saturated heterocycles. The second-order valence-electron chi connectivity index (χ2n) is 5.67. The number of aliphatic imine (C=N–C) groups is 1. The van der Waals surface area contributed by atoms with Gasteiger partial charge in [0.2, 0.25) is 0 Å². The lowest BCUT2D eigenvalue weighted by atomic mass is 10.3. The molecular weight excluding hydrogens is 338 g/mol. The van der Waals surface area contributed by atoms with E-state index in [2.05, 4.69) is 51.5 Å². The SMILES string of the molecule is CCNC(=NCc1ncc(CC)s1)N1CCN(c2cccs2)CC1. The number of thiazole rings is 1. The molecule has 1 N–H and O–H groups in total. The van der Waals surface area contributed by atoms with E-state index in [1.54, 1.807) is 11.3 Å². The van der Waals surface area contributed by atoms with Crippen LogP contribution >= 0.6 is 22.7 Å². The fourth-order valence-corrected chi connectivity index (χ4v) is 4.31. The summed E-state index contributed by atoms with van der Waals surface area (Å²) < 4.78 is 0. The highest BCUT2D eigenvalue weighted by atomic mass is 32.1. The topological polar surface area (TPSA) is 43.8 Å². The molecule has 0 aromatic carbocycles. The van der Waals surface area contributed by atoms with Crippen molar-refractivity contribution in [3.63, 3.8) is 0 Å². The van der Waals surface area contributed by atoms with Crippen LogP contribution in [0.4, 0.5) is 5.00 Å². The van der Waals surface area contributed by atoms with Crippen molar-refractivity contribution in [2.45, 2.75) is 26.8 Å². The lowest BCUT2D eigenvalue weighted by molar-refractivity contribution is 0.373. The molecule has 1 fully saturated rings. The maximum Gasteiger partial charge on any atom is 0.194 e. The molecule has 3 heterocycles. The minimum absolute atomic E-state index is 0.665. The van der Waals surface area contributed by atoms with Gasteiger partial charge in [-0.15, -0.1) is 22.7 Å². The molecule has 3 rings (SSSR count). The first-order chi connectivity index (χ1) is 11.8. The molecule has 130 valence electrons. The third kappa shape index (κ3) is 4.27. The first kappa shape index (κ1) is 17.2. The molecule has 2 aromatic heterocycles. The summed E-state index contributed by atoms with van der Waals surface area (Å²) in [6, 6.07) is 4.32. The van der Waals surface area contributed by atoms with Crippen LogP contribution < -0.4 is 10.2 Å². The van der Waals surface area contributed by atoms with Crippen molar-refractivity contribution in [1.29, 1.82) is 0 Å². The smallest absolute Gasteiger partial charge is 0.194 e. The van der Waals surface area contributed by atoms with Gasteiger partial charge < -0.3 is 15.1 Å². The maximum absolute atomic E-state index is 4.81. The van der Waals surface area contributed by atoms with Crippen molar-refractivity contribution in [1.82, 2.24) is 15.2 Å². The monoisotopic (exact) mass is 363 g/mol. The number of nitrogens with one attached hydrogen (secondary N) is 1. The van der Waals surface area contributed by atoms with Gasteiger partial charge in [-0.2, -0.15) is 0 Å². The first-order valence-corrected chi connectivity index (χ1v) is 10.2. The minimum Gasteiger partial charge on any atom is -0.360 e. The van der Waals surface area contributed by atoms with Crippen LogP contribution in [0.15, 0.2) is 28.7 Å². The van der Waals surface area contributed by atoms with E-state index in [0.717, 1.165) is 50.1 Å². The Hall–Kier alpha value is -1.60. The van der Waals surface area contributed by atoms with E-state index >= 15 is 0 Å². The number of aryl methyl sites for hydroxylation is 1. The lowest BCUT2D eigenvalue weighted by Crippen LogP contribution is -2.52. The van der Waals surface area contributed by atoms with Crippen LogP contribution in [0.25, 0.3) is 0 Å². The summed E-state index contributed by atoms with van der Waals surface area (Å²) in [4.78, 5) is 15.4. The highest BCUT2D eigenvalue weighted by molar-refractivity contribution is 7.14. The molecule has 2 aromatic rings. The number of rotatable bonds is 5. The number of piperazine rings is 1. The largest absolute Gasteiger partial charge is 0.360 e. The molecule has 1 aliphatic heterocycles. The van der Waals surface area contributed by atoms with Crippen LogP contribution in [0.1, 0.15) is 23.7 Å². The highest BCUT2D eigenvalue weighted by Gasteiger charge is 2.20. The fraction of sp³-hybridized carbons (Fsp3) is 0.529. The van der Waals surface area contributed by atoms with Crippen LogP contribution in [-0.4, -0.2) is 48.6 Å². The van der Waals surface area contributed by atoms with Crippen molar-refractivity contribution in [2.75, 3.05) is 37.6 Å². The van der Waals surface area contributed by atoms with Crippen LogP contribution in [0.3, 0.4) is 0 Å². The number of hydrogen-bond acceptors (Lipinski definition) is 5. The Morgan fingerprint density at radius 2 is 2.12 bits per heavy atom. The summed E-state index contributed by atoms with van der Waals surface area (Å²) in [5.74, 6) is 1.01. The van der Waals surface area contributed by atoms with Crippen molar-refractivity contribution < 1.29 is 0 Å². The van der Waals surface area contributed by atoms with E-state index in [0.29, 0.717) is 6.54 Å². The standard InChI is InChI=1S/C17H25N5S2/c1-3-14-12-19-15(24-14)13-20-17(18-4-2)22-9-7-21(8-10-22)16-6-5-11-23-16/h5-6,11-12H,3-4,7-10,13H2,1-2H3,(H,18,20). The number of guanidine groups is 1. The summed E-state index contributed by atoms with van der Waals surface area (Å²) in [5.41, 5.74) is 0. The van der Waals surface area contributed by atoms with E-state index in [-0.39, 0.29) is 0 Å². The zero-order chi connectivity index (χ0) is 16.8. The van der Waals surface area contributed by atoms with E-state index in [9.17, 15) is 0 Å². The predicted octanol–water partition coefficient (Wildman–Crippen LogP) is 3.05. The van der Waals surface area contributed by atoms with Crippen molar-refractivity contribution in [3.8, 4) is 0 Å². The number of hydrogen-bond donors (Lipinski definition) is 1. The summed E-state index contributed by atoms with van der Waals surface area (Å²) in [7, 11) is 0. The van der Waals surface area contributed by atoms with Crippen LogP contribution in [0.5, 0.6) is 0 Å². The molecule has 0 amide bonds. The molecule has 0 spiro atoms. The van der Waals surface area contributed by atoms with E-state index in [4.69, 9.17) is 4.99 Å². The normalized spacial score (nSPS) is 15.8. The summed E-state index contributed by atoms with van der Waals surface area (Å²) in [5, 5.41) is 8.04. The Morgan fingerprint density at radius 1 is 1.29 bits per heavy atom. The van der Waals surface area contributed by atoms with E-state index in [1.165, 1.54) is 9.88 Å². The number of anilines is 1. The lowest BCUT2D eigenvalue weighted by Gasteiger charge is -2.37.